The first-order valence-electron chi connectivity index (χ1n) is 13.9. The molecule has 1 fully saturated rings. The quantitative estimate of drug-likeness (QED) is 0.327. The van der Waals surface area contributed by atoms with Crippen LogP contribution in [0.3, 0.4) is 0 Å². The Kier molecular flexibility index (Phi) is 9.53. The number of sulfonamides is 1. The van der Waals surface area contributed by atoms with Crippen molar-refractivity contribution in [2.45, 2.75) is 49.8 Å². The molecule has 0 saturated carbocycles. The average molecular weight is 613 g/mol. The number of hydrogen-bond donors (Lipinski definition) is 1. The minimum absolute atomic E-state index is 0.00311. The van der Waals surface area contributed by atoms with Gasteiger partial charge in [0.15, 0.2) is 11.7 Å². The lowest BCUT2D eigenvalue weighted by atomic mass is 9.91. The third kappa shape index (κ3) is 7.20. The van der Waals surface area contributed by atoms with Gasteiger partial charge in [0.25, 0.3) is 5.91 Å². The summed E-state index contributed by atoms with van der Waals surface area (Å²) in [6.07, 6.45) is 0.0950. The Hall–Kier alpha value is -3.87. The van der Waals surface area contributed by atoms with Gasteiger partial charge in [0, 0.05) is 14.1 Å². The van der Waals surface area contributed by atoms with E-state index in [1.54, 1.807) is 52.2 Å². The van der Waals surface area contributed by atoms with Crippen molar-refractivity contribution in [2.75, 3.05) is 27.2 Å². The number of halogens is 1. The summed E-state index contributed by atoms with van der Waals surface area (Å²) in [5.41, 5.74) is 6.95. The molecule has 1 saturated heterocycles. The summed E-state index contributed by atoms with van der Waals surface area (Å²) in [7, 11) is -0.826. The molecule has 2 atom stereocenters. The molecule has 1 aliphatic heterocycles. The summed E-state index contributed by atoms with van der Waals surface area (Å²) in [6, 6.07) is 15.1. The number of nitrogens with zero attached hydrogens (tertiary/aromatic N) is 3. The predicted molar refractivity (Wildman–Crippen MR) is 158 cm³/mol. The SMILES string of the molecule is Cc1ccc(OC2(c3ccc(F)cn3)CN(S(=O)(=O)c3cccc(C[C@H](N)C(=O)OC(C(=O)N(C)C)C(C)C)c3)C2)cc1. The van der Waals surface area contributed by atoms with Gasteiger partial charge in [-0.1, -0.05) is 43.7 Å². The second-order valence-electron chi connectivity index (χ2n) is 11.3. The molecule has 3 aromatic rings. The van der Waals surface area contributed by atoms with Crippen molar-refractivity contribution >= 4 is 21.9 Å². The summed E-state index contributed by atoms with van der Waals surface area (Å²) in [5.74, 6) is -1.35. The minimum atomic E-state index is -3.97. The smallest absolute Gasteiger partial charge is 0.324 e. The van der Waals surface area contributed by atoms with Crippen LogP contribution < -0.4 is 10.5 Å². The number of likely N-dealkylation sites (N-methyl/N-ethyl adjacent to an activating group) is 1. The van der Waals surface area contributed by atoms with Gasteiger partial charge in [-0.3, -0.25) is 14.6 Å². The first kappa shape index (κ1) is 32.1. The summed E-state index contributed by atoms with van der Waals surface area (Å²) in [6.45, 7) is 5.38. The number of pyridine rings is 1. The van der Waals surface area contributed by atoms with Gasteiger partial charge in [-0.05, 0) is 61.2 Å². The zero-order chi connectivity index (χ0) is 31.5. The number of aryl methyl sites for hydroxylation is 1. The normalized spacial score (nSPS) is 16.2. The molecule has 12 heteroatoms. The van der Waals surface area contributed by atoms with Crippen LogP contribution in [0, 0.1) is 18.7 Å². The molecule has 4 rings (SSSR count). The predicted octanol–water partition coefficient (Wildman–Crippen LogP) is 3.03. The van der Waals surface area contributed by atoms with Crippen molar-refractivity contribution in [3.05, 3.63) is 89.5 Å². The van der Waals surface area contributed by atoms with Crippen LogP contribution in [-0.4, -0.2) is 73.8 Å². The number of nitrogens with two attached hydrogens (primary N) is 1. The summed E-state index contributed by atoms with van der Waals surface area (Å²) < 4.78 is 53.9. The molecule has 1 aliphatic rings. The van der Waals surface area contributed by atoms with Gasteiger partial charge < -0.3 is 20.1 Å². The molecular weight excluding hydrogens is 575 g/mol. The van der Waals surface area contributed by atoms with Gasteiger partial charge in [0.05, 0.1) is 29.9 Å². The van der Waals surface area contributed by atoms with Gasteiger partial charge in [-0.2, -0.15) is 4.31 Å². The number of ether oxygens (including phenoxy) is 2. The third-order valence-corrected chi connectivity index (χ3v) is 9.01. The number of hydrogen-bond acceptors (Lipinski definition) is 8. The van der Waals surface area contributed by atoms with E-state index in [4.69, 9.17) is 15.2 Å². The van der Waals surface area contributed by atoms with Crippen LogP contribution in [0.15, 0.2) is 71.8 Å². The van der Waals surface area contributed by atoms with E-state index in [-0.39, 0.29) is 36.2 Å². The highest BCUT2D eigenvalue weighted by Gasteiger charge is 2.53. The molecule has 2 aromatic carbocycles. The number of esters is 1. The number of rotatable bonds is 11. The van der Waals surface area contributed by atoms with Crippen LogP contribution in [0.5, 0.6) is 5.75 Å². The van der Waals surface area contributed by atoms with E-state index in [1.807, 2.05) is 19.1 Å². The van der Waals surface area contributed by atoms with Gasteiger partial charge in [-0.15, -0.1) is 0 Å². The second-order valence-corrected chi connectivity index (χ2v) is 13.3. The van der Waals surface area contributed by atoms with Crippen LogP contribution in [0.2, 0.25) is 0 Å². The van der Waals surface area contributed by atoms with E-state index in [2.05, 4.69) is 4.98 Å². The lowest BCUT2D eigenvalue weighted by molar-refractivity contribution is -0.163. The van der Waals surface area contributed by atoms with Crippen molar-refractivity contribution in [1.82, 2.24) is 14.2 Å². The number of amides is 1. The first-order valence-corrected chi connectivity index (χ1v) is 15.3. The second kappa shape index (κ2) is 12.8. The Morgan fingerprint density at radius 2 is 1.77 bits per heavy atom. The molecule has 0 bridgehead atoms. The monoisotopic (exact) mass is 612 g/mol. The Labute approximate surface area is 251 Å². The lowest BCUT2D eigenvalue weighted by Gasteiger charge is -2.48. The van der Waals surface area contributed by atoms with E-state index < -0.39 is 39.6 Å². The van der Waals surface area contributed by atoms with Crippen LogP contribution in [-0.2, 0) is 36.4 Å². The molecule has 230 valence electrons. The molecule has 1 aromatic heterocycles. The fourth-order valence-electron chi connectivity index (χ4n) is 4.71. The molecule has 10 nitrogen and oxygen atoms in total. The Bertz CT molecular complexity index is 1560. The Balaban J connectivity index is 1.50. The van der Waals surface area contributed by atoms with Crippen LogP contribution >= 0.6 is 0 Å². The van der Waals surface area contributed by atoms with Gasteiger partial charge >= 0.3 is 5.97 Å². The molecule has 1 amide bonds. The summed E-state index contributed by atoms with van der Waals surface area (Å²) in [4.78, 5) is 30.7. The Morgan fingerprint density at radius 3 is 2.35 bits per heavy atom. The topological polar surface area (TPSA) is 132 Å². The zero-order valence-electron chi connectivity index (χ0n) is 24.9. The number of carbonyl (C=O) groups excluding carboxylic acids is 2. The van der Waals surface area contributed by atoms with E-state index >= 15 is 0 Å². The largest absolute Gasteiger partial charge is 0.478 e. The molecule has 0 aliphatic carbocycles. The van der Waals surface area contributed by atoms with Crippen molar-refractivity contribution in [2.24, 2.45) is 11.7 Å². The van der Waals surface area contributed by atoms with Crippen molar-refractivity contribution in [3.8, 4) is 5.75 Å². The maximum Gasteiger partial charge on any atom is 0.324 e. The highest BCUT2D eigenvalue weighted by molar-refractivity contribution is 7.89. The first-order chi connectivity index (χ1) is 20.2. The van der Waals surface area contributed by atoms with Crippen molar-refractivity contribution < 1.29 is 31.9 Å². The van der Waals surface area contributed by atoms with E-state index in [9.17, 15) is 22.4 Å². The van der Waals surface area contributed by atoms with Gasteiger partial charge in [-0.25, -0.2) is 12.8 Å². The maximum absolute atomic E-state index is 13.6. The van der Waals surface area contributed by atoms with Crippen molar-refractivity contribution in [1.29, 1.82) is 0 Å². The zero-order valence-corrected chi connectivity index (χ0v) is 25.7. The van der Waals surface area contributed by atoms with E-state index in [0.717, 1.165) is 11.8 Å². The summed E-state index contributed by atoms with van der Waals surface area (Å²) in [5, 5.41) is 0. The van der Waals surface area contributed by atoms with Gasteiger partial charge in [0.2, 0.25) is 10.0 Å². The number of aromatic nitrogens is 1. The Morgan fingerprint density at radius 1 is 1.09 bits per heavy atom. The number of benzene rings is 2. The molecule has 43 heavy (non-hydrogen) atoms. The maximum atomic E-state index is 13.6. The average Bonchev–Trinajstić information content (AvgIpc) is 2.94. The molecule has 2 N–H and O–H groups in total. The molecule has 2 heterocycles. The van der Waals surface area contributed by atoms with Crippen LogP contribution in [0.4, 0.5) is 4.39 Å². The van der Waals surface area contributed by atoms with E-state index in [0.29, 0.717) is 17.0 Å². The van der Waals surface area contributed by atoms with E-state index in [1.165, 1.54) is 33.5 Å². The third-order valence-electron chi connectivity index (χ3n) is 7.22. The summed E-state index contributed by atoms with van der Waals surface area (Å²) >= 11 is 0. The fraction of sp³-hybridized carbons (Fsp3) is 0.387. The fourth-order valence-corrected chi connectivity index (χ4v) is 6.31. The standard InChI is InChI=1S/C31H37FN4O6S/c1-20(2)28(29(37)35(4)5)41-30(38)26(33)16-22-7-6-8-25(15-22)43(39,40)36-18-31(19-36,27-14-11-23(32)17-34-27)42-24-12-9-21(3)10-13-24/h6-15,17,20,26,28H,16,18-19,33H2,1-5H3/t26-,28?/m0/s1. The van der Waals surface area contributed by atoms with Crippen LogP contribution in [0.25, 0.3) is 0 Å². The highest BCUT2D eigenvalue weighted by Crippen LogP contribution is 2.39. The molecular formula is C31H37FN4O6S. The highest BCUT2D eigenvalue weighted by atomic mass is 32.2. The van der Waals surface area contributed by atoms with Crippen molar-refractivity contribution in [3.63, 3.8) is 0 Å². The molecule has 1 unspecified atom stereocenters. The van der Waals surface area contributed by atoms with Crippen LogP contribution in [0.1, 0.15) is 30.7 Å². The lowest BCUT2D eigenvalue weighted by Crippen LogP contribution is -2.64. The minimum Gasteiger partial charge on any atom is -0.478 e. The van der Waals surface area contributed by atoms with Gasteiger partial charge in [0.1, 0.15) is 17.6 Å². The molecule has 0 spiro atoms. The molecule has 0 radical (unpaired) electrons. The number of carbonyl (C=O) groups is 2.